The summed E-state index contributed by atoms with van der Waals surface area (Å²) in [6.07, 6.45) is 0.966. The van der Waals surface area contributed by atoms with Crippen LogP contribution in [0.5, 0.6) is 0 Å². The van der Waals surface area contributed by atoms with E-state index in [1.54, 1.807) is 4.90 Å². The van der Waals surface area contributed by atoms with Gasteiger partial charge in [-0.2, -0.15) is 5.26 Å². The third-order valence-corrected chi connectivity index (χ3v) is 2.57. The minimum Gasteiger partial charge on any atom is -0.466 e. The summed E-state index contributed by atoms with van der Waals surface area (Å²) in [5, 5.41) is 8.66. The second-order valence-corrected chi connectivity index (χ2v) is 4.29. The number of nitriles is 1. The molecule has 0 bridgehead atoms. The SMILES string of the molecule is Cc1ccc(CCC(=O)N(CC#N)C(C)C)o1. The monoisotopic (exact) mass is 234 g/mol. The van der Waals surface area contributed by atoms with Gasteiger partial charge in [0.1, 0.15) is 18.1 Å². The van der Waals surface area contributed by atoms with E-state index in [-0.39, 0.29) is 18.5 Å². The number of aryl methyl sites for hydroxylation is 2. The van der Waals surface area contributed by atoms with Crippen molar-refractivity contribution >= 4 is 5.91 Å². The molecule has 0 saturated heterocycles. The summed E-state index contributed by atoms with van der Waals surface area (Å²) in [5.74, 6) is 1.66. The minimum atomic E-state index is -0.00407. The van der Waals surface area contributed by atoms with E-state index in [0.717, 1.165) is 11.5 Å². The highest BCUT2D eigenvalue weighted by atomic mass is 16.3. The van der Waals surface area contributed by atoms with Gasteiger partial charge < -0.3 is 9.32 Å². The number of carbonyl (C=O) groups excluding carboxylic acids is 1. The summed E-state index contributed by atoms with van der Waals surface area (Å²) < 4.78 is 5.40. The summed E-state index contributed by atoms with van der Waals surface area (Å²) in [6, 6.07) is 5.84. The average Bonchev–Trinajstić information content (AvgIpc) is 2.68. The number of furan rings is 1. The minimum absolute atomic E-state index is 0.00407. The maximum Gasteiger partial charge on any atom is 0.224 e. The van der Waals surface area contributed by atoms with E-state index in [4.69, 9.17) is 9.68 Å². The van der Waals surface area contributed by atoms with Crippen LogP contribution in [0.2, 0.25) is 0 Å². The first kappa shape index (κ1) is 13.3. The quantitative estimate of drug-likeness (QED) is 0.734. The van der Waals surface area contributed by atoms with Crippen molar-refractivity contribution in [1.82, 2.24) is 4.90 Å². The molecule has 0 aromatic carbocycles. The van der Waals surface area contributed by atoms with Crippen molar-refractivity contribution < 1.29 is 9.21 Å². The number of nitrogens with zero attached hydrogens (tertiary/aromatic N) is 2. The highest BCUT2D eigenvalue weighted by Gasteiger charge is 2.16. The maximum atomic E-state index is 11.9. The van der Waals surface area contributed by atoms with Gasteiger partial charge in [-0.15, -0.1) is 0 Å². The molecule has 0 aliphatic carbocycles. The summed E-state index contributed by atoms with van der Waals surface area (Å²) in [6.45, 7) is 5.84. The van der Waals surface area contributed by atoms with Crippen molar-refractivity contribution in [2.75, 3.05) is 6.54 Å². The normalized spacial score (nSPS) is 10.3. The van der Waals surface area contributed by atoms with Crippen LogP contribution in [0.4, 0.5) is 0 Å². The Kier molecular flexibility index (Phi) is 4.77. The Labute approximate surface area is 102 Å². The van der Waals surface area contributed by atoms with Crippen LogP contribution in [-0.4, -0.2) is 23.4 Å². The second-order valence-electron chi connectivity index (χ2n) is 4.29. The third kappa shape index (κ3) is 3.95. The third-order valence-electron chi connectivity index (χ3n) is 2.57. The number of amides is 1. The average molecular weight is 234 g/mol. The van der Waals surface area contributed by atoms with Gasteiger partial charge in [0.25, 0.3) is 0 Å². The molecule has 0 fully saturated rings. The summed E-state index contributed by atoms with van der Waals surface area (Å²) in [7, 11) is 0. The molecule has 0 atom stereocenters. The Bertz CT molecular complexity index is 415. The van der Waals surface area contributed by atoms with Crippen molar-refractivity contribution in [3.8, 4) is 6.07 Å². The lowest BCUT2D eigenvalue weighted by molar-refractivity contribution is -0.132. The molecule has 0 spiro atoms. The van der Waals surface area contributed by atoms with Gasteiger partial charge in [0, 0.05) is 18.9 Å². The van der Waals surface area contributed by atoms with Crippen molar-refractivity contribution in [3.05, 3.63) is 23.7 Å². The van der Waals surface area contributed by atoms with Gasteiger partial charge in [0.15, 0.2) is 0 Å². The number of rotatable bonds is 5. The fourth-order valence-electron chi connectivity index (χ4n) is 1.63. The Hall–Kier alpha value is -1.76. The van der Waals surface area contributed by atoms with E-state index in [2.05, 4.69) is 0 Å². The molecule has 0 unspecified atom stereocenters. The van der Waals surface area contributed by atoms with E-state index >= 15 is 0 Å². The lowest BCUT2D eigenvalue weighted by Gasteiger charge is -2.23. The summed E-state index contributed by atoms with van der Waals surface area (Å²) in [4.78, 5) is 13.5. The molecular weight excluding hydrogens is 216 g/mol. The maximum absolute atomic E-state index is 11.9. The highest BCUT2D eigenvalue weighted by Crippen LogP contribution is 2.10. The van der Waals surface area contributed by atoms with Gasteiger partial charge in [-0.05, 0) is 32.9 Å². The van der Waals surface area contributed by atoms with Gasteiger partial charge in [-0.1, -0.05) is 0 Å². The fraction of sp³-hybridized carbons (Fsp3) is 0.538. The van der Waals surface area contributed by atoms with E-state index in [9.17, 15) is 4.79 Å². The molecule has 0 aliphatic rings. The molecule has 1 rings (SSSR count). The second kappa shape index (κ2) is 6.09. The van der Waals surface area contributed by atoms with Crippen LogP contribution in [0.25, 0.3) is 0 Å². The van der Waals surface area contributed by atoms with E-state index in [1.807, 2.05) is 39.0 Å². The predicted octanol–water partition coefficient (Wildman–Crippen LogP) is 2.28. The van der Waals surface area contributed by atoms with Crippen LogP contribution in [0.15, 0.2) is 16.5 Å². The Morgan fingerprint density at radius 2 is 2.24 bits per heavy atom. The molecule has 1 aromatic rings. The molecule has 17 heavy (non-hydrogen) atoms. The molecular formula is C13H18N2O2. The van der Waals surface area contributed by atoms with Crippen LogP contribution in [-0.2, 0) is 11.2 Å². The van der Waals surface area contributed by atoms with Crippen molar-refractivity contribution in [3.63, 3.8) is 0 Å². The lowest BCUT2D eigenvalue weighted by atomic mass is 10.2. The predicted molar refractivity (Wildman–Crippen MR) is 64.2 cm³/mol. The zero-order chi connectivity index (χ0) is 12.8. The summed E-state index contributed by atoms with van der Waals surface area (Å²) >= 11 is 0. The first-order valence-corrected chi connectivity index (χ1v) is 5.76. The topological polar surface area (TPSA) is 57.2 Å². The van der Waals surface area contributed by atoms with Crippen LogP contribution in [0.1, 0.15) is 31.8 Å². The molecule has 0 radical (unpaired) electrons. The summed E-state index contributed by atoms with van der Waals surface area (Å²) in [5.41, 5.74) is 0. The van der Waals surface area contributed by atoms with Gasteiger partial charge in [-0.3, -0.25) is 4.79 Å². The number of hydrogen-bond acceptors (Lipinski definition) is 3. The Morgan fingerprint density at radius 1 is 1.53 bits per heavy atom. The van der Waals surface area contributed by atoms with Crippen LogP contribution >= 0.6 is 0 Å². The molecule has 92 valence electrons. The molecule has 0 saturated carbocycles. The van der Waals surface area contributed by atoms with Crippen LogP contribution in [0, 0.1) is 18.3 Å². The van der Waals surface area contributed by atoms with Crippen molar-refractivity contribution in [2.24, 2.45) is 0 Å². The van der Waals surface area contributed by atoms with E-state index in [1.165, 1.54) is 0 Å². The molecule has 1 aromatic heterocycles. The molecule has 0 N–H and O–H groups in total. The lowest BCUT2D eigenvalue weighted by Crippen LogP contribution is -2.37. The Balaban J connectivity index is 2.50. The van der Waals surface area contributed by atoms with Crippen LogP contribution in [0.3, 0.4) is 0 Å². The number of carbonyl (C=O) groups is 1. The van der Waals surface area contributed by atoms with Crippen molar-refractivity contribution in [2.45, 2.75) is 39.7 Å². The molecule has 4 nitrogen and oxygen atoms in total. The van der Waals surface area contributed by atoms with Gasteiger partial charge >= 0.3 is 0 Å². The standard InChI is InChI=1S/C13H18N2O2/c1-10(2)15(9-8-14)13(16)7-6-12-5-4-11(3)17-12/h4-5,10H,6-7,9H2,1-3H3. The Morgan fingerprint density at radius 3 is 2.71 bits per heavy atom. The van der Waals surface area contributed by atoms with Gasteiger partial charge in [0.2, 0.25) is 5.91 Å². The fourth-order valence-corrected chi connectivity index (χ4v) is 1.63. The van der Waals surface area contributed by atoms with Gasteiger partial charge in [0.05, 0.1) is 6.07 Å². The molecule has 0 aliphatic heterocycles. The molecule has 1 heterocycles. The van der Waals surface area contributed by atoms with Crippen LogP contribution < -0.4 is 0 Å². The number of hydrogen-bond donors (Lipinski definition) is 0. The van der Waals surface area contributed by atoms with Crippen molar-refractivity contribution in [1.29, 1.82) is 5.26 Å². The largest absolute Gasteiger partial charge is 0.466 e. The zero-order valence-electron chi connectivity index (χ0n) is 10.6. The smallest absolute Gasteiger partial charge is 0.224 e. The van der Waals surface area contributed by atoms with E-state index < -0.39 is 0 Å². The van der Waals surface area contributed by atoms with E-state index in [0.29, 0.717) is 12.8 Å². The highest BCUT2D eigenvalue weighted by molar-refractivity contribution is 5.76. The molecule has 4 heteroatoms. The zero-order valence-corrected chi connectivity index (χ0v) is 10.6. The van der Waals surface area contributed by atoms with Gasteiger partial charge in [-0.25, -0.2) is 0 Å². The first-order chi connectivity index (χ1) is 8.04. The molecule has 1 amide bonds. The first-order valence-electron chi connectivity index (χ1n) is 5.76.